The summed E-state index contributed by atoms with van der Waals surface area (Å²) in [5, 5.41) is 5.99. The first-order valence-corrected chi connectivity index (χ1v) is 14.5. The number of carbonyl (C=O) groups excluding carboxylic acids is 3. The first-order valence-electron chi connectivity index (χ1n) is 12.9. The molecular weight excluding hydrogens is 559 g/mol. The molecule has 3 aliphatic rings. The fraction of sp³-hybridized carbons (Fsp3) is 0.393. The SMILES string of the molecule is COc1ccccc1Sc1ccc(C=CC(=O)N2CCC(N3CCC4(CC3)NC(=O)NC4=O)CC2)c(Cl)c1Cl. The Labute approximate surface area is 242 Å². The number of carbonyl (C=O) groups is 3. The molecule has 3 saturated heterocycles. The van der Waals surface area contributed by atoms with E-state index in [0.29, 0.717) is 47.6 Å². The van der Waals surface area contributed by atoms with Crippen molar-refractivity contribution in [2.24, 2.45) is 0 Å². The van der Waals surface area contributed by atoms with Gasteiger partial charge in [0.25, 0.3) is 5.91 Å². The third-order valence-electron chi connectivity index (χ3n) is 7.73. The molecule has 2 N–H and O–H groups in total. The van der Waals surface area contributed by atoms with Crippen molar-refractivity contribution < 1.29 is 19.1 Å². The Bertz CT molecular complexity index is 1300. The van der Waals surface area contributed by atoms with Gasteiger partial charge in [-0.3, -0.25) is 14.9 Å². The second kappa shape index (κ2) is 11.8. The largest absolute Gasteiger partial charge is 0.496 e. The van der Waals surface area contributed by atoms with Crippen molar-refractivity contribution in [2.75, 3.05) is 33.3 Å². The molecule has 0 bridgehead atoms. The monoisotopic (exact) mass is 588 g/mol. The van der Waals surface area contributed by atoms with Crippen LogP contribution in [0.1, 0.15) is 31.2 Å². The van der Waals surface area contributed by atoms with E-state index in [1.165, 1.54) is 11.8 Å². The highest BCUT2D eigenvalue weighted by Crippen LogP contribution is 2.42. The predicted octanol–water partition coefficient (Wildman–Crippen LogP) is 4.83. The molecule has 2 aromatic rings. The van der Waals surface area contributed by atoms with Gasteiger partial charge in [0.2, 0.25) is 5.91 Å². The molecule has 2 aromatic carbocycles. The van der Waals surface area contributed by atoms with Gasteiger partial charge in [0, 0.05) is 43.2 Å². The molecule has 0 radical (unpaired) electrons. The number of para-hydroxylation sites is 1. The van der Waals surface area contributed by atoms with Crippen molar-refractivity contribution >= 4 is 58.9 Å². The van der Waals surface area contributed by atoms with Gasteiger partial charge in [-0.05, 0) is 55.5 Å². The quantitative estimate of drug-likeness (QED) is 0.371. The van der Waals surface area contributed by atoms with E-state index in [-0.39, 0.29) is 11.8 Å². The van der Waals surface area contributed by atoms with Gasteiger partial charge < -0.3 is 19.9 Å². The maximum Gasteiger partial charge on any atom is 0.322 e. The summed E-state index contributed by atoms with van der Waals surface area (Å²) in [5.74, 6) is 0.480. The van der Waals surface area contributed by atoms with Gasteiger partial charge in [-0.25, -0.2) is 4.79 Å². The van der Waals surface area contributed by atoms with Crippen molar-refractivity contribution in [2.45, 2.75) is 47.1 Å². The fourth-order valence-electron chi connectivity index (χ4n) is 5.44. The highest BCUT2D eigenvalue weighted by atomic mass is 35.5. The molecule has 4 amide bonds. The highest BCUT2D eigenvalue weighted by molar-refractivity contribution is 7.99. The number of ether oxygens (including phenoxy) is 1. The zero-order valence-electron chi connectivity index (χ0n) is 21.5. The maximum atomic E-state index is 12.9. The molecule has 5 rings (SSSR count). The number of nitrogens with one attached hydrogen (secondary N) is 2. The third kappa shape index (κ3) is 5.91. The smallest absolute Gasteiger partial charge is 0.322 e. The maximum absolute atomic E-state index is 12.9. The first kappa shape index (κ1) is 27.8. The van der Waals surface area contributed by atoms with Gasteiger partial charge >= 0.3 is 6.03 Å². The normalized spacial score (nSPS) is 19.9. The Hall–Kier alpha value is -2.72. The lowest BCUT2D eigenvalue weighted by Crippen LogP contribution is -2.57. The van der Waals surface area contributed by atoms with Crippen LogP contribution in [0.2, 0.25) is 10.0 Å². The molecule has 3 fully saturated rings. The van der Waals surface area contributed by atoms with E-state index < -0.39 is 11.6 Å². The van der Waals surface area contributed by atoms with Crippen molar-refractivity contribution in [3.05, 3.63) is 58.1 Å². The molecule has 3 heterocycles. The number of rotatable bonds is 6. The van der Waals surface area contributed by atoms with E-state index >= 15 is 0 Å². The van der Waals surface area contributed by atoms with Crippen LogP contribution in [0.15, 0.2) is 52.3 Å². The van der Waals surface area contributed by atoms with Crippen LogP contribution in [-0.2, 0) is 9.59 Å². The summed E-state index contributed by atoms with van der Waals surface area (Å²) >= 11 is 14.6. The van der Waals surface area contributed by atoms with Gasteiger partial charge in [0.15, 0.2) is 0 Å². The van der Waals surface area contributed by atoms with Gasteiger partial charge in [0.1, 0.15) is 11.3 Å². The van der Waals surface area contributed by atoms with Crippen molar-refractivity contribution in [1.29, 1.82) is 0 Å². The van der Waals surface area contributed by atoms with Crippen molar-refractivity contribution in [1.82, 2.24) is 20.4 Å². The number of halogens is 2. The Balaban J connectivity index is 1.14. The average Bonchev–Trinajstić information content (AvgIpc) is 3.23. The van der Waals surface area contributed by atoms with E-state index in [4.69, 9.17) is 27.9 Å². The summed E-state index contributed by atoms with van der Waals surface area (Å²) < 4.78 is 5.42. The van der Waals surface area contributed by atoms with Gasteiger partial charge in [-0.2, -0.15) is 0 Å². The van der Waals surface area contributed by atoms with Gasteiger partial charge in [0.05, 0.1) is 22.1 Å². The molecule has 1 spiro atoms. The number of benzene rings is 2. The third-order valence-corrected chi connectivity index (χ3v) is 9.86. The second-order valence-corrected chi connectivity index (χ2v) is 11.8. The van der Waals surface area contributed by atoms with E-state index in [2.05, 4.69) is 15.5 Å². The molecule has 0 aromatic heterocycles. The zero-order chi connectivity index (χ0) is 27.6. The fourth-order valence-corrected chi connectivity index (χ4v) is 6.98. The van der Waals surface area contributed by atoms with Crippen molar-refractivity contribution in [3.63, 3.8) is 0 Å². The summed E-state index contributed by atoms with van der Waals surface area (Å²) in [6, 6.07) is 11.4. The second-order valence-electron chi connectivity index (χ2n) is 9.95. The van der Waals surface area contributed by atoms with Crippen LogP contribution in [0.5, 0.6) is 5.75 Å². The van der Waals surface area contributed by atoms with Crippen LogP contribution in [0.4, 0.5) is 4.79 Å². The first-order chi connectivity index (χ1) is 18.8. The molecule has 0 aliphatic carbocycles. The number of nitrogens with zero attached hydrogens (tertiary/aromatic N) is 2. The molecule has 39 heavy (non-hydrogen) atoms. The summed E-state index contributed by atoms with van der Waals surface area (Å²) in [6.07, 6.45) is 6.21. The minimum atomic E-state index is -0.759. The predicted molar refractivity (Wildman–Crippen MR) is 152 cm³/mol. The van der Waals surface area contributed by atoms with Gasteiger partial charge in [-0.1, -0.05) is 53.2 Å². The number of hydrogen-bond donors (Lipinski definition) is 2. The standard InChI is InChI=1S/C28H30Cl2N4O4S/c1-38-20-4-2-3-5-21(20)39-22-8-6-18(24(29)25(22)30)7-9-23(35)34-14-10-19(11-15-34)33-16-12-28(13-17-33)26(36)31-27(37)32-28/h2-9,19H,10-17H2,1H3,(H2,31,32,36,37). The molecule has 0 saturated carbocycles. The summed E-state index contributed by atoms with van der Waals surface area (Å²) in [4.78, 5) is 42.6. The number of amides is 4. The molecule has 206 valence electrons. The van der Waals surface area contributed by atoms with Crippen LogP contribution < -0.4 is 15.4 Å². The molecule has 0 unspecified atom stereocenters. The minimum absolute atomic E-state index is 0.0592. The molecule has 0 atom stereocenters. The number of imide groups is 1. The Morgan fingerprint density at radius 1 is 1.03 bits per heavy atom. The zero-order valence-corrected chi connectivity index (χ0v) is 23.9. The van der Waals surface area contributed by atoms with E-state index in [9.17, 15) is 14.4 Å². The number of likely N-dealkylation sites (tertiary alicyclic amines) is 2. The lowest BCUT2D eigenvalue weighted by molar-refractivity contribution is -0.129. The lowest BCUT2D eigenvalue weighted by Gasteiger charge is -2.43. The van der Waals surface area contributed by atoms with E-state index in [0.717, 1.165) is 41.5 Å². The molecule has 11 heteroatoms. The van der Waals surface area contributed by atoms with Crippen LogP contribution in [0.25, 0.3) is 6.08 Å². The summed E-state index contributed by atoms with van der Waals surface area (Å²) in [6.45, 7) is 2.82. The van der Waals surface area contributed by atoms with Crippen LogP contribution in [0, 0.1) is 0 Å². The van der Waals surface area contributed by atoms with Crippen molar-refractivity contribution in [3.8, 4) is 5.75 Å². The van der Waals surface area contributed by atoms with Crippen LogP contribution in [-0.4, -0.2) is 72.5 Å². The Kier molecular flexibility index (Phi) is 8.42. The molecule has 8 nitrogen and oxygen atoms in total. The van der Waals surface area contributed by atoms with E-state index in [1.54, 1.807) is 19.3 Å². The topological polar surface area (TPSA) is 91.0 Å². The summed E-state index contributed by atoms with van der Waals surface area (Å²) in [7, 11) is 1.63. The minimum Gasteiger partial charge on any atom is -0.496 e. The number of urea groups is 1. The molecular formula is C28H30Cl2N4O4S. The average molecular weight is 590 g/mol. The Morgan fingerprint density at radius 3 is 2.41 bits per heavy atom. The Morgan fingerprint density at radius 2 is 1.74 bits per heavy atom. The summed E-state index contributed by atoms with van der Waals surface area (Å²) in [5.41, 5.74) is -0.0793. The lowest BCUT2D eigenvalue weighted by atomic mass is 9.86. The number of methoxy groups -OCH3 is 1. The van der Waals surface area contributed by atoms with Crippen LogP contribution in [0.3, 0.4) is 0 Å². The number of piperidine rings is 2. The molecule has 3 aliphatic heterocycles. The highest BCUT2D eigenvalue weighted by Gasteiger charge is 2.48. The van der Waals surface area contributed by atoms with E-state index in [1.807, 2.05) is 41.3 Å². The number of hydrogen-bond acceptors (Lipinski definition) is 6. The van der Waals surface area contributed by atoms with Gasteiger partial charge in [-0.15, -0.1) is 0 Å². The van der Waals surface area contributed by atoms with Crippen LogP contribution >= 0.6 is 35.0 Å².